The summed E-state index contributed by atoms with van der Waals surface area (Å²) < 4.78 is 17.0. The number of benzene rings is 2. The van der Waals surface area contributed by atoms with E-state index in [1.807, 2.05) is 24.3 Å². The topological polar surface area (TPSA) is 44.8 Å². The molecule has 4 heteroatoms. The number of hydrogen-bond acceptors (Lipinski definition) is 4. The van der Waals surface area contributed by atoms with E-state index < -0.39 is 0 Å². The van der Waals surface area contributed by atoms with Crippen LogP contribution in [-0.4, -0.2) is 19.2 Å². The number of unbranched alkanes of at least 4 members (excludes halogenated alkanes) is 6. The Hall–Kier alpha value is -2.49. The third kappa shape index (κ3) is 9.91. The summed E-state index contributed by atoms with van der Waals surface area (Å²) in [5, 5.41) is 0. The summed E-state index contributed by atoms with van der Waals surface area (Å²) in [4.78, 5) is 12.4. The smallest absolute Gasteiger partial charge is 0.343 e. The van der Waals surface area contributed by atoms with E-state index in [0.29, 0.717) is 30.4 Å². The third-order valence-electron chi connectivity index (χ3n) is 5.37. The molecule has 0 aliphatic heterocycles. The fourth-order valence-corrected chi connectivity index (χ4v) is 3.06. The second kappa shape index (κ2) is 14.5. The molecule has 0 radical (unpaired) electrons. The molecule has 0 spiro atoms. The highest BCUT2D eigenvalue weighted by atomic mass is 16.5. The lowest BCUT2D eigenvalue weighted by Gasteiger charge is -2.11. The molecule has 4 nitrogen and oxygen atoms in total. The van der Waals surface area contributed by atoms with Crippen molar-refractivity contribution < 1.29 is 19.0 Å². The SMILES string of the molecule is CCCCCCCCCOc1ccc(C(=O)Oc2ccc(OCC(C)CC)cc2)cc1. The van der Waals surface area contributed by atoms with Crippen LogP contribution in [0, 0.1) is 5.92 Å². The second-order valence-electron chi connectivity index (χ2n) is 8.18. The number of carbonyl (C=O) groups excluding carboxylic acids is 1. The number of carbonyl (C=O) groups is 1. The molecule has 2 aromatic rings. The lowest BCUT2D eigenvalue weighted by Crippen LogP contribution is -2.09. The van der Waals surface area contributed by atoms with Crippen molar-refractivity contribution in [1.29, 1.82) is 0 Å². The predicted molar refractivity (Wildman–Crippen MR) is 126 cm³/mol. The maximum absolute atomic E-state index is 12.4. The van der Waals surface area contributed by atoms with Gasteiger partial charge >= 0.3 is 5.97 Å². The summed E-state index contributed by atoms with van der Waals surface area (Å²) in [6.45, 7) is 7.93. The first-order valence-electron chi connectivity index (χ1n) is 11.8. The van der Waals surface area contributed by atoms with Gasteiger partial charge in [-0.2, -0.15) is 0 Å². The Bertz CT molecular complexity index is 737. The minimum atomic E-state index is -0.382. The van der Waals surface area contributed by atoms with Crippen LogP contribution in [0.2, 0.25) is 0 Å². The minimum absolute atomic E-state index is 0.382. The van der Waals surface area contributed by atoms with Crippen molar-refractivity contribution in [3.63, 3.8) is 0 Å². The van der Waals surface area contributed by atoms with Crippen LogP contribution in [0.15, 0.2) is 48.5 Å². The first-order valence-corrected chi connectivity index (χ1v) is 11.8. The summed E-state index contributed by atoms with van der Waals surface area (Å²) in [6, 6.07) is 14.3. The molecule has 0 saturated heterocycles. The first kappa shape index (κ1) is 24.8. The highest BCUT2D eigenvalue weighted by Gasteiger charge is 2.09. The largest absolute Gasteiger partial charge is 0.494 e. The Morgan fingerprint density at radius 2 is 1.29 bits per heavy atom. The maximum atomic E-state index is 12.4. The van der Waals surface area contributed by atoms with Gasteiger partial charge in [0.05, 0.1) is 18.8 Å². The van der Waals surface area contributed by atoms with Gasteiger partial charge in [-0.15, -0.1) is 0 Å². The van der Waals surface area contributed by atoms with Crippen molar-refractivity contribution in [3.05, 3.63) is 54.1 Å². The first-order chi connectivity index (χ1) is 15.1. The fraction of sp³-hybridized carbons (Fsp3) is 0.519. The van der Waals surface area contributed by atoms with Crippen LogP contribution in [0.25, 0.3) is 0 Å². The molecule has 0 amide bonds. The summed E-state index contributed by atoms with van der Waals surface area (Å²) in [7, 11) is 0. The molecule has 0 aromatic heterocycles. The van der Waals surface area contributed by atoms with Crippen molar-refractivity contribution in [1.82, 2.24) is 0 Å². The third-order valence-corrected chi connectivity index (χ3v) is 5.37. The molecule has 1 unspecified atom stereocenters. The number of rotatable bonds is 15. The number of ether oxygens (including phenoxy) is 3. The van der Waals surface area contributed by atoms with Gasteiger partial charge in [-0.1, -0.05) is 65.7 Å². The molecule has 0 aliphatic carbocycles. The van der Waals surface area contributed by atoms with Crippen LogP contribution in [0.1, 0.15) is 82.5 Å². The van der Waals surface area contributed by atoms with E-state index in [4.69, 9.17) is 14.2 Å². The molecule has 2 rings (SSSR count). The molecule has 0 saturated carbocycles. The minimum Gasteiger partial charge on any atom is -0.494 e. The van der Waals surface area contributed by atoms with Crippen molar-refractivity contribution in [2.24, 2.45) is 5.92 Å². The Balaban J connectivity index is 1.70. The van der Waals surface area contributed by atoms with E-state index in [2.05, 4.69) is 20.8 Å². The molecule has 2 aromatic carbocycles. The highest BCUT2D eigenvalue weighted by molar-refractivity contribution is 5.91. The van der Waals surface area contributed by atoms with Gasteiger partial charge in [0.2, 0.25) is 0 Å². The Morgan fingerprint density at radius 3 is 1.94 bits per heavy atom. The van der Waals surface area contributed by atoms with E-state index in [-0.39, 0.29) is 5.97 Å². The van der Waals surface area contributed by atoms with Gasteiger partial charge in [-0.3, -0.25) is 0 Å². The van der Waals surface area contributed by atoms with Crippen LogP contribution in [0.4, 0.5) is 0 Å². The fourth-order valence-electron chi connectivity index (χ4n) is 3.06. The van der Waals surface area contributed by atoms with Gasteiger partial charge < -0.3 is 14.2 Å². The maximum Gasteiger partial charge on any atom is 0.343 e. The van der Waals surface area contributed by atoms with Crippen LogP contribution < -0.4 is 14.2 Å². The van der Waals surface area contributed by atoms with Crippen LogP contribution >= 0.6 is 0 Å². The zero-order chi connectivity index (χ0) is 22.3. The van der Waals surface area contributed by atoms with Crippen molar-refractivity contribution >= 4 is 5.97 Å². The quantitative estimate of drug-likeness (QED) is 0.168. The summed E-state index contributed by atoms with van der Waals surface area (Å²) >= 11 is 0. The molecular formula is C27H38O4. The Kier molecular flexibility index (Phi) is 11.6. The summed E-state index contributed by atoms with van der Waals surface area (Å²) in [5.41, 5.74) is 0.500. The molecule has 0 N–H and O–H groups in total. The van der Waals surface area contributed by atoms with E-state index in [1.165, 1.54) is 38.5 Å². The molecule has 0 heterocycles. The predicted octanol–water partition coefficient (Wildman–Crippen LogP) is 7.46. The normalized spacial score (nSPS) is 11.7. The van der Waals surface area contributed by atoms with E-state index in [9.17, 15) is 4.79 Å². The monoisotopic (exact) mass is 426 g/mol. The van der Waals surface area contributed by atoms with Gasteiger partial charge in [0.15, 0.2) is 0 Å². The number of esters is 1. The zero-order valence-corrected chi connectivity index (χ0v) is 19.4. The standard InChI is InChI=1S/C27H38O4/c1-4-6-7-8-9-10-11-20-29-24-14-12-23(13-15-24)27(28)31-26-18-16-25(17-19-26)30-21-22(3)5-2/h12-19,22H,4-11,20-21H2,1-3H3. The van der Waals surface area contributed by atoms with Crippen molar-refractivity contribution in [2.75, 3.05) is 13.2 Å². The van der Waals surface area contributed by atoms with Gasteiger partial charge in [0.25, 0.3) is 0 Å². The molecule has 0 aliphatic rings. The molecule has 31 heavy (non-hydrogen) atoms. The Morgan fingerprint density at radius 1 is 0.742 bits per heavy atom. The Labute approximate surface area is 187 Å². The second-order valence-corrected chi connectivity index (χ2v) is 8.18. The molecule has 0 bridgehead atoms. The lowest BCUT2D eigenvalue weighted by atomic mass is 10.1. The summed E-state index contributed by atoms with van der Waals surface area (Å²) in [6.07, 6.45) is 9.90. The van der Waals surface area contributed by atoms with Gasteiger partial charge in [-0.25, -0.2) is 4.79 Å². The van der Waals surface area contributed by atoms with E-state index in [0.717, 1.165) is 24.3 Å². The number of hydrogen-bond donors (Lipinski definition) is 0. The van der Waals surface area contributed by atoms with Crippen molar-refractivity contribution in [2.45, 2.75) is 72.1 Å². The van der Waals surface area contributed by atoms with Crippen molar-refractivity contribution in [3.8, 4) is 17.2 Å². The molecule has 1 atom stereocenters. The molecular weight excluding hydrogens is 388 g/mol. The van der Waals surface area contributed by atoms with Gasteiger partial charge in [0, 0.05) is 0 Å². The van der Waals surface area contributed by atoms with E-state index in [1.54, 1.807) is 24.3 Å². The zero-order valence-electron chi connectivity index (χ0n) is 19.4. The van der Waals surface area contributed by atoms with Gasteiger partial charge in [-0.05, 0) is 60.9 Å². The van der Waals surface area contributed by atoms with Crippen LogP contribution in [-0.2, 0) is 0 Å². The van der Waals surface area contributed by atoms with Crippen LogP contribution in [0.3, 0.4) is 0 Å². The van der Waals surface area contributed by atoms with E-state index >= 15 is 0 Å². The lowest BCUT2D eigenvalue weighted by molar-refractivity contribution is 0.0734. The summed E-state index contributed by atoms with van der Waals surface area (Å²) in [5.74, 6) is 2.19. The average Bonchev–Trinajstić information content (AvgIpc) is 2.80. The van der Waals surface area contributed by atoms with Crippen LogP contribution in [0.5, 0.6) is 17.2 Å². The molecule has 170 valence electrons. The molecule has 0 fully saturated rings. The average molecular weight is 427 g/mol. The van der Waals surface area contributed by atoms with Gasteiger partial charge in [0.1, 0.15) is 17.2 Å². The highest BCUT2D eigenvalue weighted by Crippen LogP contribution is 2.20.